The van der Waals surface area contributed by atoms with E-state index in [-0.39, 0.29) is 5.91 Å². The van der Waals surface area contributed by atoms with E-state index in [9.17, 15) is 4.79 Å². The number of carbonyl (C=O) groups is 1. The standard InChI is InChI=1S/C15H23NO2/c1-5-6-14(17)16-9-10-18-15-12(3)8-7-11(2)13(15)4/h7-8H,5-6,9-10H2,1-4H3,(H,16,17). The Morgan fingerprint density at radius 2 is 1.89 bits per heavy atom. The molecule has 100 valence electrons. The maximum Gasteiger partial charge on any atom is 0.220 e. The molecule has 0 saturated heterocycles. The van der Waals surface area contributed by atoms with Crippen LogP contribution >= 0.6 is 0 Å². The molecule has 1 rings (SSSR count). The fraction of sp³-hybridized carbons (Fsp3) is 0.533. The Hall–Kier alpha value is -1.51. The van der Waals surface area contributed by atoms with Crippen LogP contribution in [-0.4, -0.2) is 19.1 Å². The summed E-state index contributed by atoms with van der Waals surface area (Å²) in [5, 5.41) is 2.84. The van der Waals surface area contributed by atoms with Gasteiger partial charge in [0, 0.05) is 6.42 Å². The average Bonchev–Trinajstić information content (AvgIpc) is 2.33. The van der Waals surface area contributed by atoms with Gasteiger partial charge < -0.3 is 10.1 Å². The van der Waals surface area contributed by atoms with Gasteiger partial charge in [-0.2, -0.15) is 0 Å². The lowest BCUT2D eigenvalue weighted by Gasteiger charge is -2.14. The van der Waals surface area contributed by atoms with E-state index in [0.717, 1.165) is 17.7 Å². The van der Waals surface area contributed by atoms with Crippen molar-refractivity contribution in [1.29, 1.82) is 0 Å². The van der Waals surface area contributed by atoms with E-state index in [0.29, 0.717) is 19.6 Å². The second kappa shape index (κ2) is 7.04. The van der Waals surface area contributed by atoms with Crippen LogP contribution in [0.25, 0.3) is 0 Å². The fourth-order valence-electron chi connectivity index (χ4n) is 1.81. The van der Waals surface area contributed by atoms with Crippen molar-refractivity contribution < 1.29 is 9.53 Å². The van der Waals surface area contributed by atoms with Gasteiger partial charge in [-0.1, -0.05) is 19.1 Å². The molecule has 0 fully saturated rings. The molecule has 3 heteroatoms. The molecule has 1 aromatic carbocycles. The minimum atomic E-state index is 0.0961. The molecule has 0 aromatic heterocycles. The van der Waals surface area contributed by atoms with Crippen LogP contribution in [0.5, 0.6) is 5.75 Å². The van der Waals surface area contributed by atoms with Gasteiger partial charge in [0.25, 0.3) is 0 Å². The molecule has 1 amide bonds. The zero-order chi connectivity index (χ0) is 13.5. The summed E-state index contributed by atoms with van der Waals surface area (Å²) in [7, 11) is 0. The molecule has 0 aliphatic rings. The summed E-state index contributed by atoms with van der Waals surface area (Å²) in [6.45, 7) is 9.25. The number of benzene rings is 1. The van der Waals surface area contributed by atoms with Crippen LogP contribution in [0.2, 0.25) is 0 Å². The van der Waals surface area contributed by atoms with Gasteiger partial charge in [0.2, 0.25) is 5.91 Å². The van der Waals surface area contributed by atoms with E-state index < -0.39 is 0 Å². The minimum Gasteiger partial charge on any atom is -0.491 e. The molecule has 0 atom stereocenters. The minimum absolute atomic E-state index is 0.0961. The van der Waals surface area contributed by atoms with Crippen molar-refractivity contribution in [3.05, 3.63) is 28.8 Å². The number of amides is 1. The smallest absolute Gasteiger partial charge is 0.220 e. The van der Waals surface area contributed by atoms with Gasteiger partial charge >= 0.3 is 0 Å². The molecule has 0 bridgehead atoms. The second-order valence-corrected chi connectivity index (χ2v) is 4.60. The predicted octanol–water partition coefficient (Wildman–Crippen LogP) is 2.91. The van der Waals surface area contributed by atoms with Gasteiger partial charge in [0.05, 0.1) is 6.54 Å². The number of rotatable bonds is 6. The first-order valence-electron chi connectivity index (χ1n) is 6.52. The summed E-state index contributed by atoms with van der Waals surface area (Å²) in [4.78, 5) is 11.3. The van der Waals surface area contributed by atoms with Gasteiger partial charge in [-0.15, -0.1) is 0 Å². The predicted molar refractivity (Wildman–Crippen MR) is 74.1 cm³/mol. The molecular formula is C15H23NO2. The lowest BCUT2D eigenvalue weighted by molar-refractivity contribution is -0.121. The van der Waals surface area contributed by atoms with Crippen molar-refractivity contribution in [3.63, 3.8) is 0 Å². The fourth-order valence-corrected chi connectivity index (χ4v) is 1.81. The van der Waals surface area contributed by atoms with Crippen LogP contribution in [-0.2, 0) is 4.79 Å². The molecular weight excluding hydrogens is 226 g/mol. The van der Waals surface area contributed by atoms with Crippen molar-refractivity contribution in [2.24, 2.45) is 0 Å². The largest absolute Gasteiger partial charge is 0.491 e. The topological polar surface area (TPSA) is 38.3 Å². The Bertz CT molecular complexity index is 413. The zero-order valence-electron chi connectivity index (χ0n) is 11.8. The third-order valence-electron chi connectivity index (χ3n) is 3.02. The van der Waals surface area contributed by atoms with Crippen LogP contribution in [0.4, 0.5) is 0 Å². The van der Waals surface area contributed by atoms with Crippen molar-refractivity contribution in [2.75, 3.05) is 13.2 Å². The monoisotopic (exact) mass is 249 g/mol. The average molecular weight is 249 g/mol. The number of nitrogens with one attached hydrogen (secondary N) is 1. The number of aryl methyl sites for hydroxylation is 2. The Balaban J connectivity index is 2.45. The van der Waals surface area contributed by atoms with E-state index in [1.54, 1.807) is 0 Å². The highest BCUT2D eigenvalue weighted by molar-refractivity contribution is 5.75. The van der Waals surface area contributed by atoms with E-state index in [4.69, 9.17) is 4.74 Å². The third kappa shape index (κ3) is 4.06. The Morgan fingerprint density at radius 3 is 2.56 bits per heavy atom. The lowest BCUT2D eigenvalue weighted by atomic mass is 10.1. The summed E-state index contributed by atoms with van der Waals surface area (Å²) in [6.07, 6.45) is 1.46. The molecule has 0 aliphatic heterocycles. The normalized spacial score (nSPS) is 10.2. The quantitative estimate of drug-likeness (QED) is 0.787. The maximum atomic E-state index is 11.3. The molecule has 1 aromatic rings. The molecule has 1 N–H and O–H groups in total. The molecule has 0 unspecified atom stereocenters. The van der Waals surface area contributed by atoms with E-state index in [1.807, 2.05) is 13.8 Å². The SMILES string of the molecule is CCCC(=O)NCCOc1c(C)ccc(C)c1C. The summed E-state index contributed by atoms with van der Waals surface area (Å²) in [6, 6.07) is 4.16. The lowest BCUT2D eigenvalue weighted by Crippen LogP contribution is -2.27. The van der Waals surface area contributed by atoms with Crippen LogP contribution in [0.15, 0.2) is 12.1 Å². The van der Waals surface area contributed by atoms with E-state index >= 15 is 0 Å². The Labute approximate surface area is 110 Å². The van der Waals surface area contributed by atoms with Crippen molar-refractivity contribution in [1.82, 2.24) is 5.32 Å². The first-order valence-corrected chi connectivity index (χ1v) is 6.52. The molecule has 18 heavy (non-hydrogen) atoms. The van der Waals surface area contributed by atoms with E-state index in [2.05, 4.69) is 31.3 Å². The van der Waals surface area contributed by atoms with Crippen molar-refractivity contribution in [2.45, 2.75) is 40.5 Å². The van der Waals surface area contributed by atoms with Crippen LogP contribution in [0, 0.1) is 20.8 Å². The number of ether oxygens (including phenoxy) is 1. The molecule has 0 saturated carbocycles. The second-order valence-electron chi connectivity index (χ2n) is 4.60. The molecule has 0 aliphatic carbocycles. The third-order valence-corrected chi connectivity index (χ3v) is 3.02. The number of hydrogen-bond acceptors (Lipinski definition) is 2. The Morgan fingerprint density at radius 1 is 1.22 bits per heavy atom. The maximum absolute atomic E-state index is 11.3. The van der Waals surface area contributed by atoms with Gasteiger partial charge in [-0.25, -0.2) is 0 Å². The first kappa shape index (κ1) is 14.6. The highest BCUT2D eigenvalue weighted by atomic mass is 16.5. The highest BCUT2D eigenvalue weighted by Crippen LogP contribution is 2.25. The molecule has 0 heterocycles. The van der Waals surface area contributed by atoms with Crippen molar-refractivity contribution in [3.8, 4) is 5.75 Å². The van der Waals surface area contributed by atoms with Gasteiger partial charge in [0.1, 0.15) is 12.4 Å². The van der Waals surface area contributed by atoms with Crippen LogP contribution < -0.4 is 10.1 Å². The molecule has 0 spiro atoms. The van der Waals surface area contributed by atoms with Crippen LogP contribution in [0.3, 0.4) is 0 Å². The van der Waals surface area contributed by atoms with Gasteiger partial charge in [-0.3, -0.25) is 4.79 Å². The van der Waals surface area contributed by atoms with E-state index in [1.165, 1.54) is 11.1 Å². The van der Waals surface area contributed by atoms with Gasteiger partial charge in [-0.05, 0) is 43.9 Å². The first-order chi connectivity index (χ1) is 8.56. The molecule has 0 radical (unpaired) electrons. The zero-order valence-corrected chi connectivity index (χ0v) is 11.8. The van der Waals surface area contributed by atoms with Crippen LogP contribution in [0.1, 0.15) is 36.5 Å². The Kier molecular flexibility index (Phi) is 5.69. The summed E-state index contributed by atoms with van der Waals surface area (Å²) >= 11 is 0. The summed E-state index contributed by atoms with van der Waals surface area (Å²) < 4.78 is 5.76. The van der Waals surface area contributed by atoms with Gasteiger partial charge in [0.15, 0.2) is 0 Å². The summed E-state index contributed by atoms with van der Waals surface area (Å²) in [5.41, 5.74) is 3.54. The summed E-state index contributed by atoms with van der Waals surface area (Å²) in [5.74, 6) is 1.04. The molecule has 3 nitrogen and oxygen atoms in total. The number of hydrogen-bond donors (Lipinski definition) is 1. The number of carbonyl (C=O) groups excluding carboxylic acids is 1. The van der Waals surface area contributed by atoms with Crippen molar-refractivity contribution >= 4 is 5.91 Å². The highest BCUT2D eigenvalue weighted by Gasteiger charge is 2.06.